The first-order chi connectivity index (χ1) is 23.9. The van der Waals surface area contributed by atoms with Crippen LogP contribution in [0, 0.1) is 28.6 Å². The molecule has 0 spiro atoms. The highest BCUT2D eigenvalue weighted by Gasteiger charge is 2.58. The van der Waals surface area contributed by atoms with Crippen LogP contribution < -0.4 is 16.0 Å². The number of hydrogen-bond acceptors (Lipinski definition) is 9. The number of aliphatic hydroxyl groups excluding tert-OH is 1. The number of amides is 2. The minimum atomic E-state index is -4.35. The first-order valence-corrected chi connectivity index (χ1v) is 20.4. The number of nitrogens with one attached hydrogen (secondary N) is 3. The summed E-state index contributed by atoms with van der Waals surface area (Å²) in [6.07, 6.45) is 10.6. The third-order valence-electron chi connectivity index (χ3n) is 12.0. The predicted octanol–water partition coefficient (Wildman–Crippen LogP) is 5.16. The van der Waals surface area contributed by atoms with E-state index in [1.807, 2.05) is 0 Å². The number of oxime groups is 1. The van der Waals surface area contributed by atoms with Crippen molar-refractivity contribution in [3.05, 3.63) is 48.0 Å². The smallest absolute Gasteiger partial charge is 0.295 e. The molecule has 0 heterocycles. The molecule has 0 radical (unpaired) electrons. The van der Waals surface area contributed by atoms with Gasteiger partial charge in [-0.05, 0) is 98.2 Å². The third kappa shape index (κ3) is 7.70. The fraction of sp³-hybridized carbons (Fsp3) is 0.595. The molecule has 0 saturated heterocycles. The maximum absolute atomic E-state index is 12.3. The molecule has 3 unspecified atom stereocenters. The number of carbonyl (C=O) groups excluding carboxylic acids is 2. The first kappa shape index (κ1) is 36.7. The SMILES string of the molecule is C[C@]12CC/C(=N/OCC(=O)NCCSCC(=O)NCCNc3cccc4c(S(=O)(=O)O)cccc34)C=C1CCC1C2CC[C@@]2(C)C1CC[C@@H]2O. The van der Waals surface area contributed by atoms with Crippen molar-refractivity contribution in [2.45, 2.75) is 76.2 Å². The maximum Gasteiger partial charge on any atom is 0.295 e. The van der Waals surface area contributed by atoms with Gasteiger partial charge in [-0.25, -0.2) is 0 Å². The van der Waals surface area contributed by atoms with Crippen molar-refractivity contribution < 1.29 is 32.5 Å². The molecule has 0 aliphatic heterocycles. The van der Waals surface area contributed by atoms with Crippen LogP contribution in [0.15, 0.2) is 58.1 Å². The van der Waals surface area contributed by atoms with Crippen LogP contribution in [0.1, 0.15) is 65.2 Å². The Hall–Kier alpha value is -3.13. The number of aliphatic hydroxyl groups is 1. The summed E-state index contributed by atoms with van der Waals surface area (Å²) in [5.41, 5.74) is 3.34. The Bertz CT molecular complexity index is 1760. The van der Waals surface area contributed by atoms with Gasteiger partial charge in [0.2, 0.25) is 5.91 Å². The zero-order valence-corrected chi connectivity index (χ0v) is 30.6. The van der Waals surface area contributed by atoms with E-state index in [1.165, 1.54) is 36.2 Å². The summed E-state index contributed by atoms with van der Waals surface area (Å²) in [6, 6.07) is 9.84. The molecule has 6 rings (SSSR count). The standard InChI is InChI=1S/C37H50N4O7S2/c1-36-15-13-25(21-24(36)9-10-28-29-11-12-33(42)37(29,2)16-14-30(28)36)41-48-22-34(43)40-19-20-49-23-35(44)39-18-17-38-31-7-3-6-27-26(31)5-4-8-32(27)50(45,46)47/h3-8,21,28-30,33,38,42H,9-20,22-23H2,1-2H3,(H,39,44)(H,40,43)(H,45,46,47)/b41-25-/t28?,29?,30?,33-,36-,37-/m0/s1. The molecular formula is C37H50N4O7S2. The van der Waals surface area contributed by atoms with Gasteiger partial charge in [0.25, 0.3) is 16.0 Å². The van der Waals surface area contributed by atoms with Gasteiger partial charge in [0, 0.05) is 41.8 Å². The molecule has 5 N–H and O–H groups in total. The number of allylic oxidation sites excluding steroid dienone is 2. The van der Waals surface area contributed by atoms with Crippen molar-refractivity contribution in [1.82, 2.24) is 10.6 Å². The molecule has 50 heavy (non-hydrogen) atoms. The number of hydrogen-bond donors (Lipinski definition) is 5. The lowest BCUT2D eigenvalue weighted by Gasteiger charge is -2.57. The molecule has 4 aliphatic rings. The fourth-order valence-electron chi connectivity index (χ4n) is 9.38. The topological polar surface area (TPSA) is 166 Å². The Morgan fingerprint density at radius 2 is 1.72 bits per heavy atom. The average Bonchev–Trinajstić information content (AvgIpc) is 3.39. The Kier molecular flexibility index (Phi) is 11.2. The largest absolute Gasteiger partial charge is 0.393 e. The normalized spacial score (nSPS) is 29.8. The zero-order valence-electron chi connectivity index (χ0n) is 28.9. The molecule has 13 heteroatoms. The first-order valence-electron chi connectivity index (χ1n) is 17.8. The highest BCUT2D eigenvalue weighted by molar-refractivity contribution is 7.99. The minimum absolute atomic E-state index is 0.0904. The Morgan fingerprint density at radius 1 is 0.940 bits per heavy atom. The Balaban J connectivity index is 0.855. The van der Waals surface area contributed by atoms with Crippen LogP contribution in [-0.4, -0.2) is 79.5 Å². The maximum atomic E-state index is 12.3. The van der Waals surface area contributed by atoms with Crippen molar-refractivity contribution in [1.29, 1.82) is 0 Å². The summed E-state index contributed by atoms with van der Waals surface area (Å²) in [5.74, 6) is 2.44. The van der Waals surface area contributed by atoms with E-state index in [2.05, 4.69) is 41.0 Å². The molecule has 3 saturated carbocycles. The summed E-state index contributed by atoms with van der Waals surface area (Å²) in [7, 11) is -4.35. The summed E-state index contributed by atoms with van der Waals surface area (Å²) in [6.45, 7) is 5.82. The van der Waals surface area contributed by atoms with Crippen LogP contribution in [0.25, 0.3) is 10.8 Å². The van der Waals surface area contributed by atoms with Gasteiger partial charge in [0.1, 0.15) is 4.90 Å². The fourth-order valence-corrected chi connectivity index (χ4v) is 10.8. The van der Waals surface area contributed by atoms with Gasteiger partial charge in [0.05, 0.1) is 17.6 Å². The van der Waals surface area contributed by atoms with Crippen LogP contribution in [0.5, 0.6) is 0 Å². The third-order valence-corrected chi connectivity index (χ3v) is 13.9. The quantitative estimate of drug-likeness (QED) is 0.107. The van der Waals surface area contributed by atoms with Crippen molar-refractivity contribution in [2.75, 3.05) is 43.1 Å². The number of nitrogens with zero attached hydrogens (tertiary/aromatic N) is 1. The van der Waals surface area contributed by atoms with E-state index >= 15 is 0 Å². The summed E-state index contributed by atoms with van der Waals surface area (Å²) in [4.78, 5) is 29.9. The van der Waals surface area contributed by atoms with Crippen LogP contribution in [0.2, 0.25) is 0 Å². The number of anilines is 1. The molecule has 2 aromatic rings. The minimum Gasteiger partial charge on any atom is -0.393 e. The van der Waals surface area contributed by atoms with E-state index in [-0.39, 0.29) is 46.0 Å². The molecule has 4 aliphatic carbocycles. The second-order valence-corrected chi connectivity index (χ2v) is 17.3. The zero-order chi connectivity index (χ0) is 35.5. The number of thioether (sulfide) groups is 1. The van der Waals surface area contributed by atoms with E-state index in [4.69, 9.17) is 4.84 Å². The lowest BCUT2D eigenvalue weighted by atomic mass is 9.47. The van der Waals surface area contributed by atoms with E-state index < -0.39 is 10.1 Å². The van der Waals surface area contributed by atoms with E-state index in [9.17, 15) is 27.7 Å². The van der Waals surface area contributed by atoms with Gasteiger partial charge in [-0.2, -0.15) is 20.2 Å². The van der Waals surface area contributed by atoms with E-state index in [1.54, 1.807) is 30.3 Å². The molecule has 2 amide bonds. The lowest BCUT2D eigenvalue weighted by molar-refractivity contribution is -0.125. The molecule has 2 aromatic carbocycles. The van der Waals surface area contributed by atoms with Gasteiger partial charge in [-0.15, -0.1) is 0 Å². The number of benzene rings is 2. The molecule has 0 bridgehead atoms. The Labute approximate surface area is 299 Å². The van der Waals surface area contributed by atoms with Crippen molar-refractivity contribution >= 4 is 55.9 Å². The van der Waals surface area contributed by atoms with Crippen molar-refractivity contribution in [3.63, 3.8) is 0 Å². The molecular weight excluding hydrogens is 677 g/mol. The Morgan fingerprint density at radius 3 is 2.54 bits per heavy atom. The second kappa shape index (κ2) is 15.2. The monoisotopic (exact) mass is 726 g/mol. The van der Waals surface area contributed by atoms with Crippen LogP contribution in [-0.2, 0) is 24.5 Å². The van der Waals surface area contributed by atoms with Crippen molar-refractivity contribution in [2.24, 2.45) is 33.7 Å². The van der Waals surface area contributed by atoms with Crippen molar-refractivity contribution in [3.8, 4) is 0 Å². The van der Waals surface area contributed by atoms with Gasteiger partial charge in [0.15, 0.2) is 6.61 Å². The predicted molar refractivity (Wildman–Crippen MR) is 197 cm³/mol. The number of fused-ring (bicyclic) bond motifs is 6. The second-order valence-electron chi connectivity index (χ2n) is 14.8. The van der Waals surface area contributed by atoms with Gasteiger partial charge >= 0.3 is 0 Å². The highest BCUT2D eigenvalue weighted by Crippen LogP contribution is 2.65. The lowest BCUT2D eigenvalue weighted by Crippen LogP contribution is -2.51. The summed E-state index contributed by atoms with van der Waals surface area (Å²) >= 11 is 1.42. The van der Waals surface area contributed by atoms with Crippen LogP contribution in [0.3, 0.4) is 0 Å². The summed E-state index contributed by atoms with van der Waals surface area (Å²) in [5, 5.41) is 25.0. The molecule has 272 valence electrons. The molecule has 11 nitrogen and oxygen atoms in total. The van der Waals surface area contributed by atoms with Crippen LogP contribution in [0.4, 0.5) is 5.69 Å². The van der Waals surface area contributed by atoms with Gasteiger partial charge in [-0.1, -0.05) is 48.8 Å². The van der Waals surface area contributed by atoms with E-state index in [0.717, 1.165) is 44.2 Å². The summed E-state index contributed by atoms with van der Waals surface area (Å²) < 4.78 is 32.9. The van der Waals surface area contributed by atoms with Gasteiger partial charge in [-0.3, -0.25) is 14.1 Å². The van der Waals surface area contributed by atoms with Crippen LogP contribution >= 0.6 is 11.8 Å². The van der Waals surface area contributed by atoms with E-state index in [0.29, 0.717) is 59.6 Å². The molecule has 6 atom stereocenters. The average molecular weight is 727 g/mol. The number of carbonyl (C=O) groups is 2. The molecule has 0 aromatic heterocycles. The van der Waals surface area contributed by atoms with Gasteiger partial charge < -0.3 is 25.9 Å². The number of rotatable bonds is 13. The molecule has 3 fully saturated rings. The highest BCUT2D eigenvalue weighted by atomic mass is 32.2.